The summed E-state index contributed by atoms with van der Waals surface area (Å²) >= 11 is 9.47. The van der Waals surface area contributed by atoms with Crippen LogP contribution in [-0.4, -0.2) is 32.3 Å². The van der Waals surface area contributed by atoms with E-state index in [4.69, 9.17) is 16.3 Å². The van der Waals surface area contributed by atoms with E-state index >= 15 is 0 Å². The average Bonchev–Trinajstić information content (AvgIpc) is 2.75. The van der Waals surface area contributed by atoms with Crippen molar-refractivity contribution in [3.05, 3.63) is 87.9 Å². The van der Waals surface area contributed by atoms with E-state index in [1.54, 1.807) is 36.4 Å². The largest absolute Gasteiger partial charge is 0.495 e. The summed E-state index contributed by atoms with van der Waals surface area (Å²) in [6, 6.07) is 20.3. The highest BCUT2D eigenvalue weighted by Crippen LogP contribution is 2.29. The van der Waals surface area contributed by atoms with Gasteiger partial charge in [0, 0.05) is 16.7 Å². The molecular weight excluding hydrogens is 504 g/mol. The summed E-state index contributed by atoms with van der Waals surface area (Å²) in [5.74, 6) is -0.0929. The van der Waals surface area contributed by atoms with Crippen molar-refractivity contribution in [2.24, 2.45) is 0 Å². The lowest BCUT2D eigenvalue weighted by molar-refractivity contribution is -0.116. The van der Waals surface area contributed by atoms with Crippen LogP contribution in [0.15, 0.2) is 82.2 Å². The summed E-state index contributed by atoms with van der Waals surface area (Å²) in [6.07, 6.45) is 0. The maximum absolute atomic E-state index is 13.4. The number of hydrogen-bond donors (Lipinski definition) is 1. The first kappa shape index (κ1) is 23.3. The maximum Gasteiger partial charge on any atom is 0.243 e. The molecule has 1 amide bonds. The molecule has 0 saturated heterocycles. The minimum Gasteiger partial charge on any atom is -0.495 e. The van der Waals surface area contributed by atoms with Crippen LogP contribution in [0.3, 0.4) is 0 Å². The molecule has 3 aromatic rings. The molecule has 0 fully saturated rings. The molecule has 6 nitrogen and oxygen atoms in total. The van der Waals surface area contributed by atoms with Crippen molar-refractivity contribution >= 4 is 49.1 Å². The summed E-state index contributed by atoms with van der Waals surface area (Å²) in [5.41, 5.74) is 1.32. The molecule has 9 heteroatoms. The van der Waals surface area contributed by atoms with Gasteiger partial charge in [-0.3, -0.25) is 4.79 Å². The highest BCUT2D eigenvalue weighted by Gasteiger charge is 2.27. The smallest absolute Gasteiger partial charge is 0.243 e. The fourth-order valence-electron chi connectivity index (χ4n) is 2.86. The van der Waals surface area contributed by atoms with Crippen LogP contribution in [0.2, 0.25) is 5.02 Å². The number of benzene rings is 3. The number of halogens is 2. The number of sulfonamides is 1. The number of hydrogen-bond acceptors (Lipinski definition) is 4. The molecular formula is C22H20BrClN2O4S. The quantitative estimate of drug-likeness (QED) is 0.454. The Bertz CT molecular complexity index is 1160. The lowest BCUT2D eigenvalue weighted by atomic mass is 10.2. The molecule has 0 aliphatic heterocycles. The first-order chi connectivity index (χ1) is 14.8. The van der Waals surface area contributed by atoms with Crippen LogP contribution in [0, 0.1) is 0 Å². The average molecular weight is 524 g/mol. The number of amides is 1. The first-order valence-electron chi connectivity index (χ1n) is 9.22. The fourth-order valence-corrected chi connectivity index (χ4v) is 4.86. The van der Waals surface area contributed by atoms with E-state index < -0.39 is 15.9 Å². The van der Waals surface area contributed by atoms with Crippen LogP contribution in [-0.2, 0) is 21.4 Å². The molecule has 0 unspecified atom stereocenters. The van der Waals surface area contributed by atoms with Gasteiger partial charge in [0.1, 0.15) is 5.75 Å². The molecule has 0 saturated carbocycles. The molecule has 3 rings (SSSR count). The van der Waals surface area contributed by atoms with E-state index in [9.17, 15) is 13.2 Å². The topological polar surface area (TPSA) is 75.7 Å². The van der Waals surface area contributed by atoms with Crippen LogP contribution in [0.4, 0.5) is 5.69 Å². The highest BCUT2D eigenvalue weighted by molar-refractivity contribution is 9.10. The van der Waals surface area contributed by atoms with Gasteiger partial charge in [0.2, 0.25) is 15.9 Å². The van der Waals surface area contributed by atoms with Gasteiger partial charge < -0.3 is 10.1 Å². The van der Waals surface area contributed by atoms with Gasteiger partial charge in [0.25, 0.3) is 0 Å². The van der Waals surface area contributed by atoms with Crippen molar-refractivity contribution in [2.75, 3.05) is 19.0 Å². The Morgan fingerprint density at radius 3 is 2.35 bits per heavy atom. The van der Waals surface area contributed by atoms with E-state index in [-0.39, 0.29) is 23.0 Å². The summed E-state index contributed by atoms with van der Waals surface area (Å²) in [6.45, 7) is -0.336. The molecule has 0 heterocycles. The molecule has 0 atom stereocenters. The monoisotopic (exact) mass is 522 g/mol. The van der Waals surface area contributed by atoms with Crippen LogP contribution < -0.4 is 10.1 Å². The van der Waals surface area contributed by atoms with Crippen molar-refractivity contribution in [1.29, 1.82) is 0 Å². The zero-order valence-corrected chi connectivity index (χ0v) is 19.7. The minimum absolute atomic E-state index is 0.0225. The number of rotatable bonds is 8. The third kappa shape index (κ3) is 6.07. The van der Waals surface area contributed by atoms with Gasteiger partial charge in [-0.2, -0.15) is 4.31 Å². The Morgan fingerprint density at radius 1 is 1.06 bits per heavy atom. The van der Waals surface area contributed by atoms with E-state index in [0.29, 0.717) is 11.4 Å². The standard InChI is InChI=1S/C22H20BrClN2O4S/c1-30-21-12-11-19(13-20(21)24)31(28,29)26(14-16-5-3-2-4-6-16)15-22(27)25-18-9-7-17(23)8-10-18/h2-13H,14-15H2,1H3,(H,25,27). The predicted octanol–water partition coefficient (Wildman–Crippen LogP) is 4.94. The second-order valence-corrected chi connectivity index (χ2v) is 9.87. The van der Waals surface area contributed by atoms with Gasteiger partial charge in [0.15, 0.2) is 0 Å². The van der Waals surface area contributed by atoms with Crippen molar-refractivity contribution in [1.82, 2.24) is 4.31 Å². The molecule has 0 aliphatic carbocycles. The molecule has 0 bridgehead atoms. The van der Waals surface area contributed by atoms with Crippen molar-refractivity contribution in [2.45, 2.75) is 11.4 Å². The Kier molecular flexibility index (Phi) is 7.72. The number of carbonyl (C=O) groups is 1. The van der Waals surface area contributed by atoms with Gasteiger partial charge >= 0.3 is 0 Å². The Labute approximate surface area is 195 Å². The normalized spacial score (nSPS) is 11.4. The maximum atomic E-state index is 13.4. The van der Waals surface area contributed by atoms with Crippen molar-refractivity contribution in [3.8, 4) is 5.75 Å². The molecule has 0 aliphatic rings. The zero-order valence-electron chi connectivity index (χ0n) is 16.6. The number of carbonyl (C=O) groups excluding carboxylic acids is 1. The summed E-state index contributed by atoms with van der Waals surface area (Å²) in [5, 5.41) is 2.90. The van der Waals surface area contributed by atoms with E-state index in [2.05, 4.69) is 21.2 Å². The van der Waals surface area contributed by atoms with E-state index in [1.807, 2.05) is 18.2 Å². The molecule has 1 N–H and O–H groups in total. The van der Waals surface area contributed by atoms with E-state index in [0.717, 1.165) is 14.3 Å². The predicted molar refractivity (Wildman–Crippen MR) is 125 cm³/mol. The summed E-state index contributed by atoms with van der Waals surface area (Å²) in [4.78, 5) is 12.6. The minimum atomic E-state index is -4.02. The second kappa shape index (κ2) is 10.3. The van der Waals surface area contributed by atoms with E-state index in [1.165, 1.54) is 25.3 Å². The Hall–Kier alpha value is -2.39. The Morgan fingerprint density at radius 2 is 1.74 bits per heavy atom. The van der Waals surface area contributed by atoms with Crippen molar-refractivity contribution in [3.63, 3.8) is 0 Å². The molecule has 162 valence electrons. The molecule has 3 aromatic carbocycles. The number of anilines is 1. The zero-order chi connectivity index (χ0) is 22.4. The molecule has 0 aromatic heterocycles. The van der Waals surface area contributed by atoms with Gasteiger partial charge in [0.05, 0.1) is 23.6 Å². The molecule has 31 heavy (non-hydrogen) atoms. The van der Waals surface area contributed by atoms with Gasteiger partial charge in [-0.25, -0.2) is 8.42 Å². The van der Waals surface area contributed by atoms with Crippen LogP contribution in [0.5, 0.6) is 5.75 Å². The lowest BCUT2D eigenvalue weighted by Gasteiger charge is -2.22. The van der Waals surface area contributed by atoms with Crippen LogP contribution >= 0.6 is 27.5 Å². The highest BCUT2D eigenvalue weighted by atomic mass is 79.9. The SMILES string of the molecule is COc1ccc(S(=O)(=O)N(CC(=O)Nc2ccc(Br)cc2)Cc2ccccc2)cc1Cl. The Balaban J connectivity index is 1.88. The number of ether oxygens (including phenoxy) is 1. The van der Waals surface area contributed by atoms with Crippen LogP contribution in [0.1, 0.15) is 5.56 Å². The third-order valence-corrected chi connectivity index (χ3v) is 7.02. The number of nitrogens with one attached hydrogen (secondary N) is 1. The van der Waals surface area contributed by atoms with Gasteiger partial charge in [-0.05, 0) is 48.0 Å². The molecule has 0 spiro atoms. The second-order valence-electron chi connectivity index (χ2n) is 6.61. The van der Waals surface area contributed by atoms with Gasteiger partial charge in [-0.15, -0.1) is 0 Å². The lowest BCUT2D eigenvalue weighted by Crippen LogP contribution is -2.37. The van der Waals surface area contributed by atoms with Crippen molar-refractivity contribution < 1.29 is 17.9 Å². The number of methoxy groups -OCH3 is 1. The summed E-state index contributed by atoms with van der Waals surface area (Å²) < 4.78 is 33.8. The number of nitrogens with zero attached hydrogens (tertiary/aromatic N) is 1. The third-order valence-electron chi connectivity index (χ3n) is 4.41. The summed E-state index contributed by atoms with van der Waals surface area (Å²) in [7, 11) is -2.57. The van der Waals surface area contributed by atoms with Gasteiger partial charge in [-0.1, -0.05) is 57.9 Å². The fraction of sp³-hybridized carbons (Fsp3) is 0.136. The first-order valence-corrected chi connectivity index (χ1v) is 11.8. The molecule has 0 radical (unpaired) electrons. The van der Waals surface area contributed by atoms with Crippen LogP contribution in [0.25, 0.3) is 0 Å².